The summed E-state index contributed by atoms with van der Waals surface area (Å²) in [4.78, 5) is 11.2. The van der Waals surface area contributed by atoms with Gasteiger partial charge in [0.05, 0.1) is 12.7 Å². The fourth-order valence-electron chi connectivity index (χ4n) is 3.84. The van der Waals surface area contributed by atoms with Gasteiger partial charge in [-0.15, -0.1) is 0 Å². The quantitative estimate of drug-likeness (QED) is 0.835. The summed E-state index contributed by atoms with van der Waals surface area (Å²) in [5, 5.41) is 0. The highest BCUT2D eigenvalue weighted by atomic mass is 16.5. The third kappa shape index (κ3) is 2.97. The molecular weight excluding hydrogens is 278 g/mol. The highest BCUT2D eigenvalue weighted by molar-refractivity contribution is 5.31. The van der Waals surface area contributed by atoms with Crippen molar-refractivity contribution < 1.29 is 9.47 Å². The van der Waals surface area contributed by atoms with Crippen LogP contribution in [0.5, 0.6) is 0 Å². The number of aromatic nitrogens is 2. The van der Waals surface area contributed by atoms with Gasteiger partial charge in [-0.25, -0.2) is 9.97 Å². The Morgan fingerprint density at radius 2 is 2.14 bits per heavy atom. The smallest absolute Gasteiger partial charge is 0.225 e. The molecule has 22 heavy (non-hydrogen) atoms. The molecule has 3 fully saturated rings. The maximum absolute atomic E-state index is 6.10. The highest BCUT2D eigenvalue weighted by Gasteiger charge is 2.47. The number of nitrogens with zero attached hydrogens (tertiary/aromatic N) is 3. The Kier molecular flexibility index (Phi) is 4.01. The molecular formula is C17H25N3O2. The zero-order valence-corrected chi connectivity index (χ0v) is 13.1. The lowest BCUT2D eigenvalue weighted by Gasteiger charge is -2.50. The normalized spacial score (nSPS) is 31.8. The first kappa shape index (κ1) is 14.4. The van der Waals surface area contributed by atoms with E-state index in [1.807, 2.05) is 18.5 Å². The van der Waals surface area contributed by atoms with Crippen molar-refractivity contribution in [2.75, 3.05) is 37.8 Å². The molecule has 0 aromatic carbocycles. The Bertz CT molecular complexity index is 494. The van der Waals surface area contributed by atoms with Crippen LogP contribution in [0.1, 0.15) is 32.1 Å². The van der Waals surface area contributed by atoms with E-state index in [2.05, 4.69) is 14.9 Å². The monoisotopic (exact) mass is 303 g/mol. The largest absolute Gasteiger partial charge is 0.380 e. The van der Waals surface area contributed by atoms with Crippen molar-refractivity contribution >= 4 is 5.95 Å². The predicted molar refractivity (Wildman–Crippen MR) is 83.8 cm³/mol. The highest BCUT2D eigenvalue weighted by Crippen LogP contribution is 2.41. The molecule has 3 heterocycles. The summed E-state index contributed by atoms with van der Waals surface area (Å²) >= 11 is 0. The van der Waals surface area contributed by atoms with Gasteiger partial charge in [0.15, 0.2) is 0 Å². The van der Waals surface area contributed by atoms with Gasteiger partial charge in [-0.05, 0) is 44.1 Å². The number of rotatable bonds is 5. The van der Waals surface area contributed by atoms with Crippen LogP contribution in [0, 0.1) is 11.3 Å². The number of hydrogen-bond donors (Lipinski definition) is 0. The van der Waals surface area contributed by atoms with Crippen LogP contribution < -0.4 is 4.90 Å². The van der Waals surface area contributed by atoms with E-state index < -0.39 is 0 Å². The standard InChI is InChI=1S/C17H25N3O2/c1-6-17(13-21-11-14-3-4-14)12-20(9-5-15(17)22-10-1)16-18-7-2-8-19-16/h2,7-8,14-15H,1,3-6,9-13H2/t15-,17-/m1/s1. The number of piperidine rings is 1. The van der Waals surface area contributed by atoms with Gasteiger partial charge in [-0.2, -0.15) is 0 Å². The minimum absolute atomic E-state index is 0.116. The van der Waals surface area contributed by atoms with Gasteiger partial charge in [0, 0.05) is 44.1 Å². The molecule has 0 N–H and O–H groups in total. The second-order valence-corrected chi connectivity index (χ2v) is 7.04. The molecule has 0 bridgehead atoms. The average Bonchev–Trinajstić information content (AvgIpc) is 3.39. The Morgan fingerprint density at radius 1 is 1.27 bits per heavy atom. The summed E-state index contributed by atoms with van der Waals surface area (Å²) in [6.45, 7) is 4.57. The first-order chi connectivity index (χ1) is 10.9. The van der Waals surface area contributed by atoms with Gasteiger partial charge in [-0.1, -0.05) is 0 Å². The van der Waals surface area contributed by atoms with E-state index in [-0.39, 0.29) is 5.41 Å². The lowest BCUT2D eigenvalue weighted by atomic mass is 9.73. The second-order valence-electron chi connectivity index (χ2n) is 7.04. The molecule has 1 aromatic rings. The van der Waals surface area contributed by atoms with Crippen LogP contribution in [-0.4, -0.2) is 49.0 Å². The maximum atomic E-state index is 6.10. The summed E-state index contributed by atoms with van der Waals surface area (Å²) in [5.74, 6) is 1.66. The molecule has 0 unspecified atom stereocenters. The summed E-state index contributed by atoms with van der Waals surface area (Å²) in [7, 11) is 0. The van der Waals surface area contributed by atoms with E-state index in [1.54, 1.807) is 0 Å². The van der Waals surface area contributed by atoms with E-state index >= 15 is 0 Å². The Balaban J connectivity index is 1.47. The zero-order valence-electron chi connectivity index (χ0n) is 13.1. The molecule has 0 amide bonds. The summed E-state index contributed by atoms with van der Waals surface area (Å²) in [6, 6.07) is 1.87. The van der Waals surface area contributed by atoms with Crippen LogP contribution in [0.2, 0.25) is 0 Å². The molecule has 1 aliphatic carbocycles. The van der Waals surface area contributed by atoms with Crippen molar-refractivity contribution in [3.8, 4) is 0 Å². The van der Waals surface area contributed by atoms with Gasteiger partial charge in [-0.3, -0.25) is 0 Å². The molecule has 2 atom stereocenters. The molecule has 1 aromatic heterocycles. The van der Waals surface area contributed by atoms with E-state index in [0.717, 1.165) is 57.6 Å². The summed E-state index contributed by atoms with van der Waals surface area (Å²) in [5.41, 5.74) is 0.116. The van der Waals surface area contributed by atoms with Gasteiger partial charge >= 0.3 is 0 Å². The molecule has 0 spiro atoms. The Morgan fingerprint density at radius 3 is 2.95 bits per heavy atom. The van der Waals surface area contributed by atoms with Gasteiger partial charge < -0.3 is 14.4 Å². The minimum Gasteiger partial charge on any atom is -0.380 e. The van der Waals surface area contributed by atoms with E-state index in [0.29, 0.717) is 6.10 Å². The molecule has 3 aliphatic rings. The molecule has 1 saturated carbocycles. The molecule has 4 rings (SSSR count). The van der Waals surface area contributed by atoms with Crippen molar-refractivity contribution in [3.05, 3.63) is 18.5 Å². The van der Waals surface area contributed by atoms with Gasteiger partial charge in [0.2, 0.25) is 5.95 Å². The van der Waals surface area contributed by atoms with Crippen molar-refractivity contribution in [2.24, 2.45) is 11.3 Å². The van der Waals surface area contributed by atoms with Crippen molar-refractivity contribution in [1.29, 1.82) is 0 Å². The summed E-state index contributed by atoms with van der Waals surface area (Å²) in [6.07, 6.45) is 10.0. The Hall–Kier alpha value is -1.20. The maximum Gasteiger partial charge on any atom is 0.225 e. The Labute approximate surface area is 132 Å². The van der Waals surface area contributed by atoms with Crippen molar-refractivity contribution in [2.45, 2.75) is 38.2 Å². The predicted octanol–water partition coefficient (Wildman–Crippen LogP) is 2.28. The first-order valence-electron chi connectivity index (χ1n) is 8.57. The third-order valence-corrected chi connectivity index (χ3v) is 5.26. The topological polar surface area (TPSA) is 47.5 Å². The lowest BCUT2D eigenvalue weighted by molar-refractivity contribution is -0.126. The fraction of sp³-hybridized carbons (Fsp3) is 0.765. The molecule has 5 nitrogen and oxygen atoms in total. The van der Waals surface area contributed by atoms with E-state index in [4.69, 9.17) is 9.47 Å². The van der Waals surface area contributed by atoms with Crippen LogP contribution in [-0.2, 0) is 9.47 Å². The van der Waals surface area contributed by atoms with Crippen LogP contribution >= 0.6 is 0 Å². The van der Waals surface area contributed by atoms with Crippen LogP contribution in [0.15, 0.2) is 18.5 Å². The number of fused-ring (bicyclic) bond motifs is 1. The lowest BCUT2D eigenvalue weighted by Crippen LogP contribution is -2.57. The van der Waals surface area contributed by atoms with Crippen LogP contribution in [0.25, 0.3) is 0 Å². The molecule has 0 radical (unpaired) electrons. The van der Waals surface area contributed by atoms with Crippen LogP contribution in [0.3, 0.4) is 0 Å². The third-order valence-electron chi connectivity index (χ3n) is 5.26. The molecule has 5 heteroatoms. The average molecular weight is 303 g/mol. The van der Waals surface area contributed by atoms with Crippen molar-refractivity contribution in [1.82, 2.24) is 9.97 Å². The fourth-order valence-corrected chi connectivity index (χ4v) is 3.84. The summed E-state index contributed by atoms with van der Waals surface area (Å²) < 4.78 is 12.2. The van der Waals surface area contributed by atoms with Gasteiger partial charge in [0.1, 0.15) is 0 Å². The number of hydrogen-bond acceptors (Lipinski definition) is 5. The molecule has 2 saturated heterocycles. The molecule has 2 aliphatic heterocycles. The van der Waals surface area contributed by atoms with Crippen LogP contribution in [0.4, 0.5) is 5.95 Å². The second kappa shape index (κ2) is 6.13. The minimum atomic E-state index is 0.116. The van der Waals surface area contributed by atoms with Crippen molar-refractivity contribution in [3.63, 3.8) is 0 Å². The SMILES string of the molecule is c1cnc(N2CC[C@H]3OCCC[C@]3(COCC3CC3)C2)nc1. The molecule has 120 valence electrons. The zero-order chi connectivity index (χ0) is 14.8. The number of anilines is 1. The first-order valence-corrected chi connectivity index (χ1v) is 8.57. The van der Waals surface area contributed by atoms with E-state index in [1.165, 1.54) is 19.3 Å². The number of ether oxygens (including phenoxy) is 2. The van der Waals surface area contributed by atoms with Gasteiger partial charge in [0.25, 0.3) is 0 Å². The van der Waals surface area contributed by atoms with E-state index in [9.17, 15) is 0 Å².